The van der Waals surface area contributed by atoms with Crippen LogP contribution >= 0.6 is 0 Å². The Morgan fingerprint density at radius 3 is 2.38 bits per heavy atom. The molecule has 1 aromatic rings. The summed E-state index contributed by atoms with van der Waals surface area (Å²) in [6.45, 7) is 0. The normalized spacial score (nSPS) is 11.8. The molecule has 1 rings (SSSR count). The molecule has 1 aromatic heterocycles. The molecule has 1 heterocycles. The SMILES string of the molecule is NS(=O)(=O)c1ccc(C(F)F)nc1[N+](=O)[O-]. The van der Waals surface area contributed by atoms with Gasteiger partial charge in [0.05, 0.1) is 0 Å². The van der Waals surface area contributed by atoms with Crippen LogP contribution in [0.25, 0.3) is 0 Å². The Kier molecular flexibility index (Phi) is 3.14. The molecule has 0 saturated carbocycles. The fourth-order valence-corrected chi connectivity index (χ4v) is 1.56. The molecule has 0 atom stereocenters. The highest BCUT2D eigenvalue weighted by Gasteiger charge is 2.27. The number of alkyl halides is 2. The van der Waals surface area contributed by atoms with Gasteiger partial charge in [0, 0.05) is 0 Å². The van der Waals surface area contributed by atoms with Crippen LogP contribution in [0.3, 0.4) is 0 Å². The molecule has 0 saturated heterocycles. The van der Waals surface area contributed by atoms with Crippen molar-refractivity contribution in [2.75, 3.05) is 0 Å². The molecule has 0 aromatic carbocycles. The molecule has 0 radical (unpaired) electrons. The van der Waals surface area contributed by atoms with Gasteiger partial charge >= 0.3 is 12.2 Å². The average molecular weight is 253 g/mol. The number of nitrogens with zero attached hydrogens (tertiary/aromatic N) is 2. The highest BCUT2D eigenvalue weighted by atomic mass is 32.2. The molecule has 0 spiro atoms. The number of halogens is 2. The van der Waals surface area contributed by atoms with Crippen LogP contribution in [0.4, 0.5) is 14.6 Å². The van der Waals surface area contributed by atoms with Crippen LogP contribution in [-0.2, 0) is 10.0 Å². The van der Waals surface area contributed by atoms with Crippen LogP contribution in [0.1, 0.15) is 12.1 Å². The quantitative estimate of drug-likeness (QED) is 0.624. The second-order valence-electron chi connectivity index (χ2n) is 2.66. The number of hydrogen-bond acceptors (Lipinski definition) is 5. The van der Waals surface area contributed by atoms with Gasteiger partial charge in [0.1, 0.15) is 0 Å². The van der Waals surface area contributed by atoms with E-state index in [1.165, 1.54) is 0 Å². The van der Waals surface area contributed by atoms with Crippen molar-refractivity contribution in [1.82, 2.24) is 4.98 Å². The first kappa shape index (κ1) is 12.4. The van der Waals surface area contributed by atoms with Crippen molar-refractivity contribution in [2.24, 2.45) is 5.14 Å². The summed E-state index contributed by atoms with van der Waals surface area (Å²) in [5.74, 6) is -1.21. The van der Waals surface area contributed by atoms with E-state index in [9.17, 15) is 27.3 Å². The van der Waals surface area contributed by atoms with Crippen LogP contribution in [-0.4, -0.2) is 18.3 Å². The van der Waals surface area contributed by atoms with Gasteiger partial charge in [-0.2, -0.15) is 0 Å². The van der Waals surface area contributed by atoms with Crippen LogP contribution in [0.2, 0.25) is 0 Å². The molecule has 0 aliphatic heterocycles. The average Bonchev–Trinajstić information content (AvgIpc) is 2.15. The summed E-state index contributed by atoms with van der Waals surface area (Å²) in [5.41, 5.74) is -0.890. The smallest absolute Gasteiger partial charge is 0.358 e. The Bertz CT molecular complexity index is 531. The van der Waals surface area contributed by atoms with E-state index in [0.29, 0.717) is 12.1 Å². The Morgan fingerprint density at radius 2 is 2.00 bits per heavy atom. The predicted octanol–water partition coefficient (Wildman–Crippen LogP) is 0.575. The van der Waals surface area contributed by atoms with Crippen molar-refractivity contribution in [1.29, 1.82) is 0 Å². The molecule has 7 nitrogen and oxygen atoms in total. The summed E-state index contributed by atoms with van der Waals surface area (Å²) in [5, 5.41) is 15.1. The first-order chi connectivity index (χ1) is 7.23. The van der Waals surface area contributed by atoms with E-state index in [1.807, 2.05) is 0 Å². The predicted molar refractivity (Wildman–Crippen MR) is 47.2 cm³/mol. The Morgan fingerprint density at radius 1 is 1.44 bits per heavy atom. The second-order valence-corrected chi connectivity index (χ2v) is 4.19. The third-order valence-electron chi connectivity index (χ3n) is 1.56. The summed E-state index contributed by atoms with van der Waals surface area (Å²) in [6.07, 6.45) is -3.03. The number of primary sulfonamides is 1. The lowest BCUT2D eigenvalue weighted by molar-refractivity contribution is -0.392. The van der Waals surface area contributed by atoms with Crippen LogP contribution in [0.5, 0.6) is 0 Å². The first-order valence-corrected chi connectivity index (χ1v) is 5.24. The second kappa shape index (κ2) is 4.06. The number of pyridine rings is 1. The van der Waals surface area contributed by atoms with E-state index >= 15 is 0 Å². The third-order valence-corrected chi connectivity index (χ3v) is 2.50. The van der Waals surface area contributed by atoms with Crippen molar-refractivity contribution in [2.45, 2.75) is 11.3 Å². The maximum atomic E-state index is 12.2. The van der Waals surface area contributed by atoms with Gasteiger partial charge in [-0.3, -0.25) is 0 Å². The molecule has 0 bridgehead atoms. The lowest BCUT2D eigenvalue weighted by atomic mass is 10.3. The molecule has 0 amide bonds. The molecule has 0 unspecified atom stereocenters. The highest BCUT2D eigenvalue weighted by Crippen LogP contribution is 2.24. The summed E-state index contributed by atoms with van der Waals surface area (Å²) >= 11 is 0. The van der Waals surface area contributed by atoms with Crippen molar-refractivity contribution in [3.05, 3.63) is 27.9 Å². The standard InChI is InChI=1S/C6H5F2N3O4S/c7-5(8)3-1-2-4(16(9,14)15)6(10-3)11(12)13/h1-2,5H,(H2,9,14,15). The van der Waals surface area contributed by atoms with Gasteiger partial charge in [0.25, 0.3) is 0 Å². The number of aromatic nitrogens is 1. The number of sulfonamides is 1. The monoisotopic (exact) mass is 253 g/mol. The maximum absolute atomic E-state index is 12.2. The van der Waals surface area contributed by atoms with Gasteiger partial charge in [-0.05, 0) is 22.0 Å². The van der Waals surface area contributed by atoms with E-state index in [1.54, 1.807) is 0 Å². The third kappa shape index (κ3) is 2.46. The Balaban J connectivity index is 3.49. The molecular weight excluding hydrogens is 248 g/mol. The topological polar surface area (TPSA) is 116 Å². The summed E-state index contributed by atoms with van der Waals surface area (Å²) < 4.78 is 46.1. The van der Waals surface area contributed by atoms with E-state index in [-0.39, 0.29) is 0 Å². The van der Waals surface area contributed by atoms with Crippen LogP contribution in [0, 0.1) is 10.1 Å². The van der Waals surface area contributed by atoms with E-state index < -0.39 is 37.8 Å². The zero-order chi connectivity index (χ0) is 12.5. The first-order valence-electron chi connectivity index (χ1n) is 3.69. The van der Waals surface area contributed by atoms with Crippen molar-refractivity contribution >= 4 is 15.8 Å². The minimum Gasteiger partial charge on any atom is -0.358 e. The van der Waals surface area contributed by atoms with Crippen molar-refractivity contribution in [3.8, 4) is 0 Å². The van der Waals surface area contributed by atoms with E-state index in [2.05, 4.69) is 10.1 Å². The van der Waals surface area contributed by atoms with Gasteiger partial charge in [0.15, 0.2) is 4.90 Å². The Hall–Kier alpha value is -1.68. The minimum absolute atomic E-state index is 0.627. The molecule has 88 valence electrons. The Labute approximate surface area is 88.1 Å². The molecular formula is C6H5F2N3O4S. The van der Waals surface area contributed by atoms with Crippen molar-refractivity contribution < 1.29 is 22.1 Å². The van der Waals surface area contributed by atoms with Crippen LogP contribution in [0.15, 0.2) is 17.0 Å². The van der Waals surface area contributed by atoms with Gasteiger partial charge < -0.3 is 10.1 Å². The molecule has 2 N–H and O–H groups in total. The lowest BCUT2D eigenvalue weighted by Gasteiger charge is -2.01. The fraction of sp³-hybridized carbons (Fsp3) is 0.167. The lowest BCUT2D eigenvalue weighted by Crippen LogP contribution is -2.15. The van der Waals surface area contributed by atoms with Crippen molar-refractivity contribution in [3.63, 3.8) is 0 Å². The van der Waals surface area contributed by atoms with Gasteiger partial charge in [-0.25, -0.2) is 22.3 Å². The zero-order valence-corrected chi connectivity index (χ0v) is 8.32. The molecule has 0 aliphatic rings. The summed E-state index contributed by atoms with van der Waals surface area (Å²) in [7, 11) is -4.37. The van der Waals surface area contributed by atoms with Crippen LogP contribution < -0.4 is 5.14 Å². The summed E-state index contributed by atoms with van der Waals surface area (Å²) in [4.78, 5) is 11.3. The number of rotatable bonds is 3. The van der Waals surface area contributed by atoms with Gasteiger partial charge in [-0.1, -0.05) is 0 Å². The molecule has 10 heteroatoms. The molecule has 0 aliphatic carbocycles. The maximum Gasteiger partial charge on any atom is 0.384 e. The largest absolute Gasteiger partial charge is 0.384 e. The molecule has 16 heavy (non-hydrogen) atoms. The summed E-state index contributed by atoms with van der Waals surface area (Å²) in [6, 6.07) is 1.29. The fourth-order valence-electron chi connectivity index (χ4n) is 0.925. The number of nitro groups is 1. The van der Waals surface area contributed by atoms with E-state index in [0.717, 1.165) is 0 Å². The number of hydrogen-bond donors (Lipinski definition) is 1. The number of nitrogens with two attached hydrogens (primary N) is 1. The van der Waals surface area contributed by atoms with Gasteiger partial charge in [-0.15, -0.1) is 0 Å². The van der Waals surface area contributed by atoms with E-state index in [4.69, 9.17) is 0 Å². The molecule has 0 fully saturated rings. The zero-order valence-electron chi connectivity index (χ0n) is 7.50. The minimum atomic E-state index is -4.37. The highest BCUT2D eigenvalue weighted by molar-refractivity contribution is 7.89. The van der Waals surface area contributed by atoms with Gasteiger partial charge in [0.2, 0.25) is 15.7 Å².